The predicted octanol–water partition coefficient (Wildman–Crippen LogP) is 4.51. The molecule has 1 aliphatic carbocycles. The number of ether oxygens (including phenoxy) is 2. The number of hydrogen-bond donors (Lipinski definition) is 0. The van der Waals surface area contributed by atoms with Crippen LogP contribution in [0.4, 0.5) is 4.79 Å². The Bertz CT molecular complexity index is 573. The van der Waals surface area contributed by atoms with Gasteiger partial charge in [-0.15, -0.1) is 23.2 Å². The van der Waals surface area contributed by atoms with E-state index in [1.165, 1.54) is 0 Å². The molecule has 1 aromatic carbocycles. The van der Waals surface area contributed by atoms with Gasteiger partial charge in [0.05, 0.1) is 11.6 Å². The van der Waals surface area contributed by atoms with Crippen LogP contribution in [-0.4, -0.2) is 35.0 Å². The molecule has 0 N–H and O–H groups in total. The van der Waals surface area contributed by atoms with Crippen molar-refractivity contribution in [2.45, 2.75) is 23.6 Å². The molecule has 1 atom stereocenters. The van der Waals surface area contributed by atoms with Crippen LogP contribution in [0.25, 0.3) is 0 Å². The van der Waals surface area contributed by atoms with Gasteiger partial charge in [-0.05, 0) is 31.4 Å². The van der Waals surface area contributed by atoms with Gasteiger partial charge >= 0.3 is 6.09 Å². The summed E-state index contributed by atoms with van der Waals surface area (Å²) in [6.07, 6.45) is 2.40. The van der Waals surface area contributed by atoms with Crippen molar-refractivity contribution in [1.29, 1.82) is 0 Å². The molecule has 1 unspecified atom stereocenters. The Morgan fingerprint density at radius 3 is 2.64 bits per heavy atom. The monoisotopic (exact) mass is 363 g/mol. The number of halogens is 3. The lowest BCUT2D eigenvalue weighted by Gasteiger charge is -2.15. The number of benzene rings is 1. The standard InChI is InChI=1S/C15H16Cl3NO3/c16-12-4-3-11(22-14(20)19-5-1-2-6-19)7-13(12)21-9-10-8-15(10,17)18/h3-4,7,10H,1-2,5-6,8-9H2. The van der Waals surface area contributed by atoms with E-state index in [0.717, 1.165) is 25.9 Å². The average molecular weight is 365 g/mol. The molecule has 0 aromatic heterocycles. The Kier molecular flexibility index (Phi) is 4.62. The first kappa shape index (κ1) is 16.0. The van der Waals surface area contributed by atoms with Gasteiger partial charge in [0, 0.05) is 25.1 Å². The van der Waals surface area contributed by atoms with Crippen LogP contribution in [0.15, 0.2) is 18.2 Å². The summed E-state index contributed by atoms with van der Waals surface area (Å²) in [6.45, 7) is 1.87. The molecule has 1 saturated carbocycles. The molecule has 7 heteroatoms. The molecule has 0 spiro atoms. The zero-order chi connectivity index (χ0) is 15.7. The van der Waals surface area contributed by atoms with Gasteiger partial charge in [0.25, 0.3) is 0 Å². The smallest absolute Gasteiger partial charge is 0.415 e. The van der Waals surface area contributed by atoms with Crippen molar-refractivity contribution in [3.63, 3.8) is 0 Å². The van der Waals surface area contributed by atoms with Crippen molar-refractivity contribution in [1.82, 2.24) is 4.90 Å². The fourth-order valence-electron chi connectivity index (χ4n) is 2.36. The molecule has 2 fully saturated rings. The van der Waals surface area contributed by atoms with Gasteiger partial charge in [0.15, 0.2) is 0 Å². The number of nitrogens with zero attached hydrogens (tertiary/aromatic N) is 1. The summed E-state index contributed by atoms with van der Waals surface area (Å²) in [6, 6.07) is 4.90. The van der Waals surface area contributed by atoms with E-state index in [1.54, 1.807) is 23.1 Å². The second-order valence-electron chi connectivity index (χ2n) is 5.63. The van der Waals surface area contributed by atoms with Crippen molar-refractivity contribution in [2.75, 3.05) is 19.7 Å². The number of carbonyl (C=O) groups excluding carboxylic acids is 1. The summed E-state index contributed by atoms with van der Waals surface area (Å²) in [5.41, 5.74) is 0. The van der Waals surface area contributed by atoms with Gasteiger partial charge < -0.3 is 14.4 Å². The molecule has 120 valence electrons. The molecule has 1 amide bonds. The zero-order valence-electron chi connectivity index (χ0n) is 11.9. The maximum absolute atomic E-state index is 12.0. The second kappa shape index (κ2) is 6.34. The van der Waals surface area contributed by atoms with Crippen LogP contribution in [0.1, 0.15) is 19.3 Å². The van der Waals surface area contributed by atoms with Crippen LogP contribution in [0.2, 0.25) is 5.02 Å². The predicted molar refractivity (Wildman–Crippen MR) is 86.3 cm³/mol. The van der Waals surface area contributed by atoms with Crippen LogP contribution in [-0.2, 0) is 0 Å². The normalized spacial score (nSPS) is 22.5. The molecule has 22 heavy (non-hydrogen) atoms. The lowest BCUT2D eigenvalue weighted by Crippen LogP contribution is -2.30. The number of hydrogen-bond acceptors (Lipinski definition) is 3. The summed E-state index contributed by atoms with van der Waals surface area (Å²) >= 11 is 18.0. The van der Waals surface area contributed by atoms with Gasteiger partial charge in [-0.2, -0.15) is 0 Å². The van der Waals surface area contributed by atoms with Gasteiger partial charge in [-0.25, -0.2) is 4.79 Å². The molecule has 1 aliphatic heterocycles. The van der Waals surface area contributed by atoms with E-state index in [4.69, 9.17) is 44.3 Å². The summed E-state index contributed by atoms with van der Waals surface area (Å²) in [5.74, 6) is 0.974. The van der Waals surface area contributed by atoms with E-state index in [9.17, 15) is 4.79 Å². The number of rotatable bonds is 4. The molecule has 1 saturated heterocycles. The number of amides is 1. The third-order valence-corrected chi connectivity index (χ3v) is 5.11. The Morgan fingerprint density at radius 2 is 2.00 bits per heavy atom. The van der Waals surface area contributed by atoms with Crippen LogP contribution >= 0.6 is 34.8 Å². The first-order valence-corrected chi connectivity index (χ1v) is 8.36. The number of likely N-dealkylation sites (tertiary alicyclic amines) is 1. The first-order valence-electron chi connectivity index (χ1n) is 7.22. The van der Waals surface area contributed by atoms with Crippen molar-refractivity contribution in [3.8, 4) is 11.5 Å². The molecule has 1 aromatic rings. The molecule has 0 radical (unpaired) electrons. The van der Waals surface area contributed by atoms with E-state index < -0.39 is 4.33 Å². The summed E-state index contributed by atoms with van der Waals surface area (Å²) in [4.78, 5) is 13.7. The maximum Gasteiger partial charge on any atom is 0.415 e. The molecular formula is C15H16Cl3NO3. The Hall–Kier alpha value is -0.840. The van der Waals surface area contributed by atoms with Crippen molar-refractivity contribution < 1.29 is 14.3 Å². The summed E-state index contributed by atoms with van der Waals surface area (Å²) in [7, 11) is 0. The van der Waals surface area contributed by atoms with E-state index in [0.29, 0.717) is 29.5 Å². The van der Waals surface area contributed by atoms with E-state index in [1.807, 2.05) is 0 Å². The first-order chi connectivity index (χ1) is 10.5. The quantitative estimate of drug-likeness (QED) is 0.738. The lowest BCUT2D eigenvalue weighted by molar-refractivity contribution is 0.162. The molecule has 0 bridgehead atoms. The highest BCUT2D eigenvalue weighted by Crippen LogP contribution is 2.53. The average Bonchev–Trinajstić information content (AvgIpc) is 2.91. The highest BCUT2D eigenvalue weighted by Gasteiger charge is 2.52. The molecule has 2 aliphatic rings. The molecule has 3 rings (SSSR count). The Morgan fingerprint density at radius 1 is 1.32 bits per heavy atom. The van der Waals surface area contributed by atoms with Crippen LogP contribution in [0, 0.1) is 5.92 Å². The van der Waals surface area contributed by atoms with Crippen molar-refractivity contribution in [3.05, 3.63) is 23.2 Å². The zero-order valence-corrected chi connectivity index (χ0v) is 14.1. The van der Waals surface area contributed by atoms with E-state index in [2.05, 4.69) is 0 Å². The van der Waals surface area contributed by atoms with Gasteiger partial charge in [0.1, 0.15) is 15.8 Å². The highest BCUT2D eigenvalue weighted by atomic mass is 35.5. The number of alkyl halides is 2. The van der Waals surface area contributed by atoms with Crippen molar-refractivity contribution in [2.24, 2.45) is 5.92 Å². The van der Waals surface area contributed by atoms with Crippen LogP contribution in [0.5, 0.6) is 11.5 Å². The Balaban J connectivity index is 1.60. The minimum Gasteiger partial charge on any atom is -0.491 e. The van der Waals surface area contributed by atoms with Crippen LogP contribution in [0.3, 0.4) is 0 Å². The summed E-state index contributed by atoms with van der Waals surface area (Å²) in [5, 5.41) is 0.455. The third kappa shape index (κ3) is 3.73. The SMILES string of the molecule is O=C(Oc1ccc(Cl)c(OCC2CC2(Cl)Cl)c1)N1CCCC1. The minimum absolute atomic E-state index is 0.0997. The van der Waals surface area contributed by atoms with Gasteiger partial charge in [-0.1, -0.05) is 11.6 Å². The molecular weight excluding hydrogens is 349 g/mol. The largest absolute Gasteiger partial charge is 0.491 e. The fraction of sp³-hybridized carbons (Fsp3) is 0.533. The lowest BCUT2D eigenvalue weighted by atomic mass is 10.3. The fourth-order valence-corrected chi connectivity index (χ4v) is 3.03. The van der Waals surface area contributed by atoms with Crippen LogP contribution < -0.4 is 9.47 Å². The van der Waals surface area contributed by atoms with Crippen molar-refractivity contribution >= 4 is 40.9 Å². The molecule has 4 nitrogen and oxygen atoms in total. The van der Waals surface area contributed by atoms with E-state index >= 15 is 0 Å². The third-order valence-electron chi connectivity index (χ3n) is 3.87. The van der Waals surface area contributed by atoms with Gasteiger partial charge in [-0.3, -0.25) is 0 Å². The minimum atomic E-state index is -0.688. The van der Waals surface area contributed by atoms with E-state index in [-0.39, 0.29) is 12.0 Å². The summed E-state index contributed by atoms with van der Waals surface area (Å²) < 4.78 is 10.3. The topological polar surface area (TPSA) is 38.8 Å². The maximum atomic E-state index is 12.0. The highest BCUT2D eigenvalue weighted by molar-refractivity contribution is 6.50. The Labute approximate surface area is 144 Å². The number of carbonyl (C=O) groups is 1. The molecule has 1 heterocycles. The second-order valence-corrected chi connectivity index (χ2v) is 7.58. The van der Waals surface area contributed by atoms with Gasteiger partial charge in [0.2, 0.25) is 0 Å².